The summed E-state index contributed by atoms with van der Waals surface area (Å²) in [6, 6.07) is 0. The van der Waals surface area contributed by atoms with E-state index in [1.54, 1.807) is 6.08 Å². The number of hydrogen-bond donors (Lipinski definition) is 14. The van der Waals surface area contributed by atoms with Crippen molar-refractivity contribution < 1.29 is 124 Å². The third kappa shape index (κ3) is 12.8. The molecule has 0 spiro atoms. The molecule has 9 fully saturated rings. The molecule has 430 valence electrons. The lowest BCUT2D eigenvalue weighted by atomic mass is 9.63. The molecule has 0 aromatic rings. The molecule has 31 atom stereocenters. The molecule has 9 aliphatic rings. The van der Waals surface area contributed by atoms with Crippen molar-refractivity contribution in [3.8, 4) is 0 Å². The molecule has 9 rings (SSSR count). The van der Waals surface area contributed by atoms with Gasteiger partial charge in [-0.15, -0.1) is 0 Å². The molecule has 5 heterocycles. The fourth-order valence-electron chi connectivity index (χ4n) is 13.4. The normalized spacial score (nSPS) is 52.8. The van der Waals surface area contributed by atoms with Crippen LogP contribution in [0.3, 0.4) is 0 Å². The highest BCUT2D eigenvalue weighted by Gasteiger charge is 2.63. The van der Waals surface area contributed by atoms with Crippen LogP contribution in [0, 0.1) is 29.6 Å². The van der Waals surface area contributed by atoms with Crippen molar-refractivity contribution in [2.45, 2.75) is 236 Å². The Labute approximate surface area is 433 Å². The van der Waals surface area contributed by atoms with E-state index in [4.69, 9.17) is 47.4 Å². The van der Waals surface area contributed by atoms with E-state index in [0.717, 1.165) is 0 Å². The van der Waals surface area contributed by atoms with Crippen molar-refractivity contribution in [1.82, 2.24) is 0 Å². The van der Waals surface area contributed by atoms with Gasteiger partial charge in [0.05, 0.1) is 74.1 Å². The van der Waals surface area contributed by atoms with Gasteiger partial charge in [-0.05, 0) is 76.0 Å². The Bertz CT molecular complexity index is 1860. The van der Waals surface area contributed by atoms with E-state index in [1.807, 2.05) is 0 Å². The molecular weight excluding hydrogens is 1000 g/mol. The Morgan fingerprint density at radius 3 is 1.92 bits per heavy atom. The zero-order valence-electron chi connectivity index (χ0n) is 41.9. The van der Waals surface area contributed by atoms with E-state index in [-0.39, 0.29) is 49.4 Å². The average molecular weight is 1080 g/mol. The standard InChI is InChI=1S/C50H80O25/c1-66-31-10-19(2-6-26(31)54)3-9-36(58)67-17-34-39(60)41(62)44(65)48(72-34)69-18-35-40(61)42(63)47(75-49-43(64)38(59)29(57)16-68-49)50(73-35)74-46-23-15-30(20-4-7-24(52)27(55)11-20)70-32-13-22(51)14-33(37(23)32)71-45(46)21-5-8-25(53)28(56)12-21/h3,9,19-35,37-57,59-65H,2,4-8,10-18H2,1H3/p+1. The number of rotatable bonds is 14. The summed E-state index contributed by atoms with van der Waals surface area (Å²) < 4.78 is 59.8. The van der Waals surface area contributed by atoms with Crippen LogP contribution in [0.1, 0.15) is 77.0 Å². The van der Waals surface area contributed by atoms with Crippen LogP contribution in [-0.4, -0.2) is 268 Å². The van der Waals surface area contributed by atoms with E-state index in [0.29, 0.717) is 51.4 Å². The maximum atomic E-state index is 12.8. The van der Waals surface area contributed by atoms with Crippen LogP contribution in [-0.2, 0) is 47.4 Å². The highest BCUT2D eigenvalue weighted by molar-refractivity contribution is 5.81. The number of aliphatic hydroxyl groups excluding tert-OH is 14. The molecule has 31 unspecified atom stereocenters. The van der Waals surface area contributed by atoms with Crippen molar-refractivity contribution in [3.05, 3.63) is 12.2 Å². The van der Waals surface area contributed by atoms with Gasteiger partial charge in [-0.25, -0.2) is 4.79 Å². The molecule has 0 aromatic heterocycles. The quantitative estimate of drug-likeness (QED) is 0.0439. The second-order valence-corrected chi connectivity index (χ2v) is 22.7. The van der Waals surface area contributed by atoms with Crippen LogP contribution in [0.4, 0.5) is 0 Å². The zero-order valence-corrected chi connectivity index (χ0v) is 41.9. The van der Waals surface area contributed by atoms with Gasteiger partial charge < -0.3 is 119 Å². The van der Waals surface area contributed by atoms with Crippen LogP contribution >= 0.6 is 0 Å². The number of ether oxygens (including phenoxy) is 10. The van der Waals surface area contributed by atoms with Gasteiger partial charge in [0.2, 0.25) is 0 Å². The summed E-state index contributed by atoms with van der Waals surface area (Å²) in [5.74, 6) is -2.20. The van der Waals surface area contributed by atoms with Crippen LogP contribution in [0.2, 0.25) is 0 Å². The molecule has 5 saturated heterocycles. The largest absolute Gasteiger partial charge is 0.460 e. The third-order valence-electron chi connectivity index (χ3n) is 17.8. The van der Waals surface area contributed by atoms with Crippen molar-refractivity contribution in [1.29, 1.82) is 0 Å². The smallest absolute Gasteiger partial charge is 0.330 e. The van der Waals surface area contributed by atoms with E-state index in [2.05, 4.69) is 0 Å². The monoisotopic (exact) mass is 1080 g/mol. The summed E-state index contributed by atoms with van der Waals surface area (Å²) in [6.45, 7) is -1.74. The molecule has 25 nitrogen and oxygen atoms in total. The number of methoxy groups -OCH3 is 1. The van der Waals surface area contributed by atoms with Crippen LogP contribution < -0.4 is 0 Å². The van der Waals surface area contributed by atoms with Crippen molar-refractivity contribution in [2.24, 2.45) is 29.6 Å². The Hall–Kier alpha value is -1.71. The number of esters is 1. The van der Waals surface area contributed by atoms with Gasteiger partial charge >= 0.3 is 5.97 Å². The van der Waals surface area contributed by atoms with Crippen molar-refractivity contribution in [2.75, 3.05) is 26.9 Å². The second kappa shape index (κ2) is 25.0. The number of carbonyl (C=O) groups excluding carboxylic acids is 1. The lowest BCUT2D eigenvalue weighted by Gasteiger charge is -2.57. The van der Waals surface area contributed by atoms with Crippen LogP contribution in [0.15, 0.2) is 12.2 Å². The molecule has 0 bridgehead atoms. The molecular formula is C50H81O25+. The minimum atomic E-state index is -1.94. The number of carbonyl (C=O) groups is 1. The van der Waals surface area contributed by atoms with Crippen LogP contribution in [0.5, 0.6) is 0 Å². The molecule has 25 heteroatoms. The Kier molecular flexibility index (Phi) is 19.3. The van der Waals surface area contributed by atoms with Gasteiger partial charge in [-0.3, -0.25) is 0 Å². The van der Waals surface area contributed by atoms with E-state index >= 15 is 0 Å². The SMILES string of the molecule is COC1CC(C=CC(=O)OCC2OC(OCC3OC(OC4C5CC(C6CCC(O)C(O)C6)OC6CC(O)CC([OH+]C4C4CCC(O)C(O)C4)C65)C(OC4OCC(O)C(O)C4O)C(O)C3O)C(O)C(O)C2O)CCC1O. The molecule has 0 amide bonds. The first-order valence-electron chi connectivity index (χ1n) is 26.9. The predicted molar refractivity (Wildman–Crippen MR) is 249 cm³/mol. The van der Waals surface area contributed by atoms with Gasteiger partial charge in [-0.1, -0.05) is 6.08 Å². The second-order valence-electron chi connectivity index (χ2n) is 22.7. The molecule has 4 saturated carbocycles. The minimum Gasteiger partial charge on any atom is -0.460 e. The third-order valence-corrected chi connectivity index (χ3v) is 17.8. The fourth-order valence-corrected chi connectivity index (χ4v) is 13.4. The minimum absolute atomic E-state index is 0.0755. The summed E-state index contributed by atoms with van der Waals surface area (Å²) in [5, 5.41) is 153. The first-order chi connectivity index (χ1) is 35.8. The van der Waals surface area contributed by atoms with E-state index < -0.39 is 191 Å². The van der Waals surface area contributed by atoms with E-state index in [1.165, 1.54) is 13.2 Å². The highest BCUT2D eigenvalue weighted by Crippen LogP contribution is 2.52. The number of allylic oxidation sites excluding steroid dienone is 1. The molecule has 4 aliphatic carbocycles. The van der Waals surface area contributed by atoms with Gasteiger partial charge in [-0.2, -0.15) is 0 Å². The fraction of sp³-hybridized carbons (Fsp3) is 0.940. The summed E-state index contributed by atoms with van der Waals surface area (Å²) in [5.41, 5.74) is 0. The van der Waals surface area contributed by atoms with Gasteiger partial charge in [0.15, 0.2) is 31.1 Å². The zero-order chi connectivity index (χ0) is 53.6. The highest BCUT2D eigenvalue weighted by atomic mass is 16.8. The molecule has 75 heavy (non-hydrogen) atoms. The molecule has 0 aromatic carbocycles. The van der Waals surface area contributed by atoms with Crippen molar-refractivity contribution in [3.63, 3.8) is 0 Å². The first-order valence-corrected chi connectivity index (χ1v) is 26.9. The molecule has 5 aliphatic heterocycles. The maximum Gasteiger partial charge on any atom is 0.330 e. The summed E-state index contributed by atoms with van der Waals surface area (Å²) in [7, 11) is 1.49. The summed E-state index contributed by atoms with van der Waals surface area (Å²) in [6.07, 6.45) is -25.7. The molecule has 15 N–H and O–H groups in total. The van der Waals surface area contributed by atoms with Gasteiger partial charge in [0.25, 0.3) is 0 Å². The Morgan fingerprint density at radius 1 is 0.560 bits per heavy atom. The predicted octanol–water partition coefficient (Wildman–Crippen LogP) is -5.39. The average Bonchev–Trinajstić information content (AvgIpc) is 3.40. The van der Waals surface area contributed by atoms with Crippen LogP contribution in [0.25, 0.3) is 0 Å². The van der Waals surface area contributed by atoms with Gasteiger partial charge in [0, 0.05) is 37.9 Å². The Morgan fingerprint density at radius 2 is 1.20 bits per heavy atom. The lowest BCUT2D eigenvalue weighted by Crippen LogP contribution is -2.68. The summed E-state index contributed by atoms with van der Waals surface area (Å²) >= 11 is 0. The van der Waals surface area contributed by atoms with E-state index in [9.17, 15) is 76.3 Å². The van der Waals surface area contributed by atoms with Crippen molar-refractivity contribution >= 4 is 5.97 Å². The van der Waals surface area contributed by atoms with Gasteiger partial charge in [0.1, 0.15) is 79.9 Å². The molecule has 0 radical (unpaired) electrons. The number of aliphatic hydroxyl groups is 16. The summed E-state index contributed by atoms with van der Waals surface area (Å²) in [4.78, 5) is 12.8. The number of hydrogen-bond acceptors (Lipinski definition) is 24. The maximum absolute atomic E-state index is 12.8. The lowest BCUT2D eigenvalue weighted by molar-refractivity contribution is -0.399. The topological polar surface area (TPSA) is 396 Å². The first kappa shape index (κ1) is 58.0. The Balaban J connectivity index is 0.958.